The topological polar surface area (TPSA) is 75.2 Å². The second kappa shape index (κ2) is 5.56. The molecule has 1 heterocycles. The number of nitrogens with one attached hydrogen (secondary N) is 1. The highest BCUT2D eigenvalue weighted by Crippen LogP contribution is 2.19. The summed E-state index contributed by atoms with van der Waals surface area (Å²) in [5.74, 6) is 0.180. The number of carboxylic acid groups (broad SMARTS) is 1. The van der Waals surface area contributed by atoms with Gasteiger partial charge in [0.15, 0.2) is 5.69 Å². The highest BCUT2D eigenvalue weighted by molar-refractivity contribution is 5.85. The van der Waals surface area contributed by atoms with Gasteiger partial charge in [-0.3, -0.25) is 5.10 Å². The van der Waals surface area contributed by atoms with E-state index in [9.17, 15) is 4.79 Å². The largest absolute Gasteiger partial charge is 0.487 e. The number of benzene rings is 1. The lowest BCUT2D eigenvalue weighted by molar-refractivity contribution is 0.0690. The van der Waals surface area contributed by atoms with Crippen LogP contribution in [0.2, 0.25) is 0 Å². The van der Waals surface area contributed by atoms with Gasteiger partial charge in [0.2, 0.25) is 0 Å². The molecule has 0 unspecified atom stereocenters. The minimum Gasteiger partial charge on any atom is -0.487 e. The van der Waals surface area contributed by atoms with Crippen LogP contribution in [-0.4, -0.2) is 21.3 Å². The van der Waals surface area contributed by atoms with Crippen LogP contribution in [0.5, 0.6) is 5.75 Å². The third-order valence-electron chi connectivity index (χ3n) is 2.79. The molecular formula is C14H16N2O3. The number of aromatic amines is 1. The lowest BCUT2D eigenvalue weighted by Crippen LogP contribution is -1.96. The highest BCUT2D eigenvalue weighted by Gasteiger charge is 2.08. The summed E-state index contributed by atoms with van der Waals surface area (Å²) in [4.78, 5) is 10.7. The number of nitrogens with zero attached hydrogens (tertiary/aromatic N) is 1. The third kappa shape index (κ3) is 3.34. The van der Waals surface area contributed by atoms with Gasteiger partial charge in [-0.05, 0) is 29.7 Å². The number of hydrogen-bond donors (Lipinski definition) is 2. The van der Waals surface area contributed by atoms with Gasteiger partial charge < -0.3 is 9.84 Å². The molecule has 100 valence electrons. The van der Waals surface area contributed by atoms with Crippen molar-refractivity contribution in [3.8, 4) is 5.75 Å². The first-order chi connectivity index (χ1) is 9.06. The van der Waals surface area contributed by atoms with Crippen molar-refractivity contribution in [2.45, 2.75) is 26.4 Å². The highest BCUT2D eigenvalue weighted by atomic mass is 16.5. The van der Waals surface area contributed by atoms with E-state index >= 15 is 0 Å². The van der Waals surface area contributed by atoms with Crippen LogP contribution in [0, 0.1) is 0 Å². The van der Waals surface area contributed by atoms with Gasteiger partial charge in [-0.15, -0.1) is 0 Å². The lowest BCUT2D eigenvalue weighted by Gasteiger charge is -2.07. The normalized spacial score (nSPS) is 10.7. The summed E-state index contributed by atoms with van der Waals surface area (Å²) in [6.07, 6.45) is 0. The quantitative estimate of drug-likeness (QED) is 0.866. The van der Waals surface area contributed by atoms with E-state index in [4.69, 9.17) is 9.84 Å². The maximum absolute atomic E-state index is 10.7. The van der Waals surface area contributed by atoms with E-state index in [2.05, 4.69) is 24.0 Å². The summed E-state index contributed by atoms with van der Waals surface area (Å²) < 4.78 is 5.56. The molecule has 2 N–H and O–H groups in total. The summed E-state index contributed by atoms with van der Waals surface area (Å²) in [5, 5.41) is 15.0. The predicted octanol–water partition coefficient (Wildman–Crippen LogP) is 2.81. The molecule has 0 aliphatic heterocycles. The molecule has 0 bridgehead atoms. The first-order valence-electron chi connectivity index (χ1n) is 6.06. The van der Waals surface area contributed by atoms with Gasteiger partial charge in [0, 0.05) is 0 Å². The molecule has 0 radical (unpaired) electrons. The molecule has 5 heteroatoms. The second-order valence-corrected chi connectivity index (χ2v) is 4.60. The summed E-state index contributed by atoms with van der Waals surface area (Å²) in [6, 6.07) is 9.32. The molecule has 0 atom stereocenters. The number of aromatic carboxylic acids is 1. The van der Waals surface area contributed by atoms with E-state index in [1.165, 1.54) is 11.6 Å². The Morgan fingerprint density at radius 2 is 2.05 bits per heavy atom. The van der Waals surface area contributed by atoms with Gasteiger partial charge in [0.25, 0.3) is 0 Å². The third-order valence-corrected chi connectivity index (χ3v) is 2.79. The molecule has 0 aliphatic carbocycles. The number of carboxylic acids is 1. The number of hydrogen-bond acceptors (Lipinski definition) is 3. The Bertz CT molecular complexity index is 558. The van der Waals surface area contributed by atoms with Gasteiger partial charge in [0.05, 0.1) is 5.69 Å². The molecule has 1 aromatic carbocycles. The molecule has 2 rings (SSSR count). The summed E-state index contributed by atoms with van der Waals surface area (Å²) >= 11 is 0. The Balaban J connectivity index is 1.96. The summed E-state index contributed by atoms with van der Waals surface area (Å²) in [6.45, 7) is 4.53. The van der Waals surface area contributed by atoms with Crippen LogP contribution >= 0.6 is 0 Å². The van der Waals surface area contributed by atoms with E-state index in [0.29, 0.717) is 11.6 Å². The van der Waals surface area contributed by atoms with Crippen molar-refractivity contribution in [3.05, 3.63) is 47.3 Å². The van der Waals surface area contributed by atoms with E-state index in [1.54, 1.807) is 0 Å². The van der Waals surface area contributed by atoms with Crippen molar-refractivity contribution in [2.75, 3.05) is 0 Å². The molecule has 1 aromatic heterocycles. The van der Waals surface area contributed by atoms with Crippen molar-refractivity contribution in [2.24, 2.45) is 0 Å². The van der Waals surface area contributed by atoms with Crippen LogP contribution in [0.25, 0.3) is 0 Å². The standard InChI is InChI=1S/C14H16N2O3/c1-9(2)10-3-5-12(6-4-10)19-8-11-7-13(14(17)18)16-15-11/h3-7,9H,8H2,1-2H3,(H,15,16)(H,17,18). The van der Waals surface area contributed by atoms with Crippen LogP contribution in [0.3, 0.4) is 0 Å². The van der Waals surface area contributed by atoms with Crippen molar-refractivity contribution < 1.29 is 14.6 Å². The molecule has 5 nitrogen and oxygen atoms in total. The fourth-order valence-electron chi connectivity index (χ4n) is 1.66. The van der Waals surface area contributed by atoms with E-state index in [0.717, 1.165) is 5.75 Å². The second-order valence-electron chi connectivity index (χ2n) is 4.60. The molecule has 0 saturated carbocycles. The number of aromatic nitrogens is 2. The molecule has 0 spiro atoms. The molecule has 0 aliphatic rings. The van der Waals surface area contributed by atoms with Crippen LogP contribution in [-0.2, 0) is 6.61 Å². The van der Waals surface area contributed by atoms with E-state index < -0.39 is 5.97 Å². The zero-order chi connectivity index (χ0) is 13.8. The zero-order valence-electron chi connectivity index (χ0n) is 10.9. The van der Waals surface area contributed by atoms with Gasteiger partial charge in [0.1, 0.15) is 12.4 Å². The Labute approximate surface area is 111 Å². The minimum absolute atomic E-state index is 0.00578. The molecular weight excluding hydrogens is 244 g/mol. The zero-order valence-corrected chi connectivity index (χ0v) is 10.9. The Morgan fingerprint density at radius 3 is 2.58 bits per heavy atom. The predicted molar refractivity (Wildman–Crippen MR) is 70.4 cm³/mol. The monoisotopic (exact) mass is 260 g/mol. The van der Waals surface area contributed by atoms with Crippen molar-refractivity contribution in [1.82, 2.24) is 10.2 Å². The minimum atomic E-state index is -1.05. The van der Waals surface area contributed by atoms with Crippen LogP contribution in [0.1, 0.15) is 41.5 Å². The number of H-pyrrole nitrogens is 1. The smallest absolute Gasteiger partial charge is 0.356 e. The van der Waals surface area contributed by atoms with Crippen molar-refractivity contribution >= 4 is 5.97 Å². The van der Waals surface area contributed by atoms with Gasteiger partial charge in [-0.25, -0.2) is 4.79 Å². The SMILES string of the molecule is CC(C)c1ccc(OCc2cc(C(=O)O)n[nH]2)cc1. The fourth-order valence-corrected chi connectivity index (χ4v) is 1.66. The van der Waals surface area contributed by atoms with Gasteiger partial charge in [-0.2, -0.15) is 5.10 Å². The van der Waals surface area contributed by atoms with Gasteiger partial charge >= 0.3 is 5.97 Å². The maximum atomic E-state index is 10.7. The van der Waals surface area contributed by atoms with Crippen molar-refractivity contribution in [3.63, 3.8) is 0 Å². The first kappa shape index (κ1) is 13.1. The number of carbonyl (C=O) groups is 1. The molecule has 0 amide bonds. The molecule has 0 saturated heterocycles. The number of rotatable bonds is 5. The summed E-state index contributed by atoms with van der Waals surface area (Å²) in [5.41, 5.74) is 1.88. The van der Waals surface area contributed by atoms with Crippen LogP contribution < -0.4 is 4.74 Å². The number of ether oxygens (including phenoxy) is 1. The first-order valence-corrected chi connectivity index (χ1v) is 6.06. The average molecular weight is 260 g/mol. The van der Waals surface area contributed by atoms with Crippen molar-refractivity contribution in [1.29, 1.82) is 0 Å². The fraction of sp³-hybridized carbons (Fsp3) is 0.286. The Hall–Kier alpha value is -2.30. The molecule has 0 fully saturated rings. The maximum Gasteiger partial charge on any atom is 0.356 e. The average Bonchev–Trinajstić information content (AvgIpc) is 2.86. The van der Waals surface area contributed by atoms with Crippen LogP contribution in [0.4, 0.5) is 0 Å². The van der Waals surface area contributed by atoms with Gasteiger partial charge in [-0.1, -0.05) is 26.0 Å². The van der Waals surface area contributed by atoms with E-state index in [1.807, 2.05) is 24.3 Å². The molecule has 19 heavy (non-hydrogen) atoms. The summed E-state index contributed by atoms with van der Waals surface area (Å²) in [7, 11) is 0. The van der Waals surface area contributed by atoms with Crippen LogP contribution in [0.15, 0.2) is 30.3 Å². The Kier molecular flexibility index (Phi) is 3.85. The molecule has 2 aromatic rings. The van der Waals surface area contributed by atoms with E-state index in [-0.39, 0.29) is 12.3 Å². The Morgan fingerprint density at radius 1 is 1.37 bits per heavy atom. The lowest BCUT2D eigenvalue weighted by atomic mass is 10.0.